The standard InChI is InChI=1S/C9H14O5/c1-7(8(10)13-3)9(11)14-6-4-5-12-2/h1,4-6H2,2-3H3. The van der Waals surface area contributed by atoms with Gasteiger partial charge in [-0.1, -0.05) is 6.58 Å². The normalized spacial score (nSPS) is 9.29. The van der Waals surface area contributed by atoms with Gasteiger partial charge in [-0.05, 0) is 0 Å². The first-order valence-corrected chi connectivity index (χ1v) is 4.06. The third-order valence-corrected chi connectivity index (χ3v) is 1.40. The SMILES string of the molecule is C=C(C(=O)OC)C(=O)OCCCOC. The smallest absolute Gasteiger partial charge is 0.344 e. The van der Waals surface area contributed by atoms with E-state index in [4.69, 9.17) is 9.47 Å². The predicted octanol–water partition coefficient (Wildman–Crippen LogP) is 0.295. The summed E-state index contributed by atoms with van der Waals surface area (Å²) < 4.78 is 13.8. The van der Waals surface area contributed by atoms with Crippen LogP contribution in [-0.4, -0.2) is 39.4 Å². The minimum atomic E-state index is -0.776. The van der Waals surface area contributed by atoms with Crippen molar-refractivity contribution in [3.05, 3.63) is 12.2 Å². The van der Waals surface area contributed by atoms with Gasteiger partial charge >= 0.3 is 11.9 Å². The van der Waals surface area contributed by atoms with E-state index in [9.17, 15) is 9.59 Å². The van der Waals surface area contributed by atoms with Crippen LogP contribution in [-0.2, 0) is 23.8 Å². The number of hydrogen-bond donors (Lipinski definition) is 0. The molecule has 0 N–H and O–H groups in total. The summed E-state index contributed by atoms with van der Waals surface area (Å²) in [5.74, 6) is -1.53. The van der Waals surface area contributed by atoms with E-state index >= 15 is 0 Å². The van der Waals surface area contributed by atoms with E-state index in [-0.39, 0.29) is 12.2 Å². The Morgan fingerprint density at radius 1 is 1.14 bits per heavy atom. The van der Waals surface area contributed by atoms with Crippen molar-refractivity contribution in [2.45, 2.75) is 6.42 Å². The summed E-state index contributed by atoms with van der Waals surface area (Å²) in [4.78, 5) is 21.8. The summed E-state index contributed by atoms with van der Waals surface area (Å²) in [6.07, 6.45) is 0.580. The fraction of sp³-hybridized carbons (Fsp3) is 0.556. The molecule has 5 nitrogen and oxygen atoms in total. The summed E-state index contributed by atoms with van der Waals surface area (Å²) in [5.41, 5.74) is -0.301. The third kappa shape index (κ3) is 4.61. The molecule has 80 valence electrons. The summed E-state index contributed by atoms with van der Waals surface area (Å²) in [6.45, 7) is 3.94. The van der Waals surface area contributed by atoms with Crippen LogP contribution >= 0.6 is 0 Å². The molecule has 0 saturated carbocycles. The summed E-state index contributed by atoms with van der Waals surface area (Å²) >= 11 is 0. The lowest BCUT2D eigenvalue weighted by Crippen LogP contribution is -2.17. The maximum atomic E-state index is 11.0. The van der Waals surface area contributed by atoms with Crippen LogP contribution < -0.4 is 0 Å². The highest BCUT2D eigenvalue weighted by atomic mass is 16.5. The van der Waals surface area contributed by atoms with Gasteiger partial charge in [0.2, 0.25) is 0 Å². The van der Waals surface area contributed by atoms with Gasteiger partial charge in [0, 0.05) is 20.1 Å². The fourth-order valence-corrected chi connectivity index (χ4v) is 0.662. The topological polar surface area (TPSA) is 61.8 Å². The maximum absolute atomic E-state index is 11.0. The number of methoxy groups -OCH3 is 2. The fourth-order valence-electron chi connectivity index (χ4n) is 0.662. The molecular formula is C9H14O5. The van der Waals surface area contributed by atoms with Crippen molar-refractivity contribution in [1.29, 1.82) is 0 Å². The van der Waals surface area contributed by atoms with Gasteiger partial charge in [0.05, 0.1) is 13.7 Å². The molecule has 0 aliphatic carbocycles. The first-order chi connectivity index (χ1) is 6.63. The van der Waals surface area contributed by atoms with Crippen LogP contribution in [0.25, 0.3) is 0 Å². The van der Waals surface area contributed by atoms with Crippen molar-refractivity contribution in [2.24, 2.45) is 0 Å². The van der Waals surface area contributed by atoms with Crippen molar-refractivity contribution < 1.29 is 23.8 Å². The molecule has 14 heavy (non-hydrogen) atoms. The highest BCUT2D eigenvalue weighted by Crippen LogP contribution is 1.98. The number of ether oxygens (including phenoxy) is 3. The molecule has 0 aromatic rings. The van der Waals surface area contributed by atoms with Crippen LogP contribution in [0.1, 0.15) is 6.42 Å². The molecule has 5 heteroatoms. The summed E-state index contributed by atoms with van der Waals surface area (Å²) in [7, 11) is 2.72. The molecular weight excluding hydrogens is 188 g/mol. The number of hydrogen-bond acceptors (Lipinski definition) is 5. The highest BCUT2D eigenvalue weighted by molar-refractivity contribution is 6.13. The van der Waals surface area contributed by atoms with E-state index in [0.29, 0.717) is 13.0 Å². The van der Waals surface area contributed by atoms with Crippen LogP contribution in [0.15, 0.2) is 12.2 Å². The van der Waals surface area contributed by atoms with Gasteiger partial charge in [0.15, 0.2) is 0 Å². The molecule has 0 aliphatic rings. The molecule has 0 aromatic carbocycles. The van der Waals surface area contributed by atoms with Crippen LogP contribution in [0.4, 0.5) is 0 Å². The Bertz CT molecular complexity index is 221. The largest absolute Gasteiger partial charge is 0.465 e. The Morgan fingerprint density at radius 3 is 2.29 bits per heavy atom. The third-order valence-electron chi connectivity index (χ3n) is 1.40. The quantitative estimate of drug-likeness (QED) is 0.204. The number of rotatable bonds is 6. The lowest BCUT2D eigenvalue weighted by Gasteiger charge is -2.04. The second kappa shape index (κ2) is 7.08. The average Bonchev–Trinajstić information content (AvgIpc) is 2.21. The van der Waals surface area contributed by atoms with Crippen molar-refractivity contribution in [3.63, 3.8) is 0 Å². The molecule has 0 radical (unpaired) electrons. The van der Waals surface area contributed by atoms with Gasteiger partial charge in [-0.15, -0.1) is 0 Å². The van der Waals surface area contributed by atoms with Crippen molar-refractivity contribution in [2.75, 3.05) is 27.4 Å². The first kappa shape index (κ1) is 12.6. The molecule has 0 unspecified atom stereocenters. The van der Waals surface area contributed by atoms with Gasteiger partial charge in [-0.2, -0.15) is 0 Å². The number of carbonyl (C=O) groups excluding carboxylic acids is 2. The number of esters is 2. The molecule has 0 aromatic heterocycles. The van der Waals surface area contributed by atoms with E-state index in [1.165, 1.54) is 7.11 Å². The Labute approximate surface area is 82.6 Å². The Hall–Kier alpha value is -1.36. The zero-order valence-corrected chi connectivity index (χ0v) is 8.37. The zero-order valence-electron chi connectivity index (χ0n) is 8.37. The zero-order chi connectivity index (χ0) is 11.0. The van der Waals surface area contributed by atoms with E-state index in [1.54, 1.807) is 7.11 Å². The molecule has 0 amide bonds. The summed E-state index contributed by atoms with van der Waals surface area (Å²) in [6, 6.07) is 0. The molecule has 0 spiro atoms. The Kier molecular flexibility index (Phi) is 6.39. The maximum Gasteiger partial charge on any atom is 0.344 e. The molecule has 0 bridgehead atoms. The second-order valence-corrected chi connectivity index (χ2v) is 2.45. The molecule has 0 aliphatic heterocycles. The Morgan fingerprint density at radius 2 is 1.79 bits per heavy atom. The van der Waals surface area contributed by atoms with E-state index < -0.39 is 11.9 Å². The van der Waals surface area contributed by atoms with Crippen molar-refractivity contribution in [3.8, 4) is 0 Å². The van der Waals surface area contributed by atoms with Crippen LogP contribution in [0, 0.1) is 0 Å². The first-order valence-electron chi connectivity index (χ1n) is 4.06. The molecule has 0 fully saturated rings. The van der Waals surface area contributed by atoms with E-state index in [0.717, 1.165) is 0 Å². The minimum absolute atomic E-state index is 0.197. The molecule has 0 atom stereocenters. The van der Waals surface area contributed by atoms with Crippen LogP contribution in [0.3, 0.4) is 0 Å². The van der Waals surface area contributed by atoms with Gasteiger partial charge < -0.3 is 14.2 Å². The van der Waals surface area contributed by atoms with Gasteiger partial charge in [0.25, 0.3) is 0 Å². The van der Waals surface area contributed by atoms with Gasteiger partial charge in [-0.25, -0.2) is 9.59 Å². The monoisotopic (exact) mass is 202 g/mol. The van der Waals surface area contributed by atoms with Gasteiger partial charge in [0.1, 0.15) is 5.57 Å². The van der Waals surface area contributed by atoms with Crippen molar-refractivity contribution >= 4 is 11.9 Å². The minimum Gasteiger partial charge on any atom is -0.465 e. The van der Waals surface area contributed by atoms with Crippen LogP contribution in [0.2, 0.25) is 0 Å². The lowest BCUT2D eigenvalue weighted by atomic mass is 10.3. The molecule has 0 heterocycles. The molecule has 0 saturated heterocycles. The highest BCUT2D eigenvalue weighted by Gasteiger charge is 2.16. The second-order valence-electron chi connectivity index (χ2n) is 2.45. The Balaban J connectivity index is 3.74. The van der Waals surface area contributed by atoms with Gasteiger partial charge in [-0.3, -0.25) is 0 Å². The lowest BCUT2D eigenvalue weighted by molar-refractivity contribution is -0.145. The summed E-state index contributed by atoms with van der Waals surface area (Å²) in [5, 5.41) is 0. The van der Waals surface area contributed by atoms with Crippen molar-refractivity contribution in [1.82, 2.24) is 0 Å². The van der Waals surface area contributed by atoms with E-state index in [2.05, 4.69) is 11.3 Å². The van der Waals surface area contributed by atoms with Crippen LogP contribution in [0.5, 0.6) is 0 Å². The predicted molar refractivity (Wildman–Crippen MR) is 48.6 cm³/mol. The molecule has 0 rings (SSSR count). The van der Waals surface area contributed by atoms with E-state index in [1.807, 2.05) is 0 Å². The number of carbonyl (C=O) groups is 2. The average molecular weight is 202 g/mol.